The van der Waals surface area contributed by atoms with Crippen molar-refractivity contribution < 1.29 is 0 Å². The van der Waals surface area contributed by atoms with Crippen LogP contribution in [0.2, 0.25) is 0 Å². The van der Waals surface area contributed by atoms with Gasteiger partial charge in [-0.1, -0.05) is 0 Å². The van der Waals surface area contributed by atoms with Crippen LogP contribution in [0.15, 0.2) is 0 Å². The number of nitrogens with zero attached hydrogens (tertiary/aromatic N) is 2. The number of rotatable bonds is 1. The van der Waals surface area contributed by atoms with Gasteiger partial charge in [-0.3, -0.25) is 0 Å². The third kappa shape index (κ3) is 0.789. The van der Waals surface area contributed by atoms with Crippen LogP contribution in [-0.4, -0.2) is 50.1 Å². The minimum atomic E-state index is 0.913. The average Bonchev–Trinajstić information content (AvgIpc) is 2.32. The van der Waals surface area contributed by atoms with Gasteiger partial charge in [-0.05, 0) is 33.0 Å². The summed E-state index contributed by atoms with van der Waals surface area (Å²) < 4.78 is 0. The van der Waals surface area contributed by atoms with E-state index < -0.39 is 0 Å². The summed E-state index contributed by atoms with van der Waals surface area (Å²) in [6.45, 7) is 2.65. The molecule has 2 rings (SSSR count). The van der Waals surface area contributed by atoms with Gasteiger partial charge >= 0.3 is 0 Å². The van der Waals surface area contributed by atoms with Crippen molar-refractivity contribution in [3.63, 3.8) is 0 Å². The van der Waals surface area contributed by atoms with Gasteiger partial charge in [-0.2, -0.15) is 0 Å². The van der Waals surface area contributed by atoms with E-state index in [1.807, 2.05) is 0 Å². The summed E-state index contributed by atoms with van der Waals surface area (Å²) in [6.07, 6.45) is 0. The van der Waals surface area contributed by atoms with Gasteiger partial charge in [0.05, 0.1) is 0 Å². The summed E-state index contributed by atoms with van der Waals surface area (Å²) >= 11 is 0. The second-order valence-electron chi connectivity index (χ2n) is 4.00. The van der Waals surface area contributed by atoms with Crippen LogP contribution >= 0.6 is 0 Å². The Bertz CT molecular complexity index is 132. The minimum absolute atomic E-state index is 0.913. The Morgan fingerprint density at radius 2 is 1.70 bits per heavy atom. The van der Waals surface area contributed by atoms with Gasteiger partial charge in [0.25, 0.3) is 0 Å². The molecule has 0 spiro atoms. The van der Waals surface area contributed by atoms with Crippen molar-refractivity contribution in [2.45, 2.75) is 6.04 Å². The molecule has 2 fully saturated rings. The minimum Gasteiger partial charge on any atom is -0.306 e. The molecule has 1 saturated carbocycles. The fraction of sp³-hybridized carbons (Fsp3) is 1.00. The Morgan fingerprint density at radius 3 is 2.10 bits per heavy atom. The van der Waals surface area contributed by atoms with Crippen molar-refractivity contribution in [2.24, 2.45) is 11.8 Å². The summed E-state index contributed by atoms with van der Waals surface area (Å²) in [7, 11) is 6.62. The maximum absolute atomic E-state index is 2.44. The smallest absolute Gasteiger partial charge is 0.0177 e. The first-order chi connectivity index (χ1) is 4.70. The quantitative estimate of drug-likeness (QED) is 0.510. The van der Waals surface area contributed by atoms with E-state index in [1.165, 1.54) is 13.1 Å². The van der Waals surface area contributed by atoms with Gasteiger partial charge in [0.1, 0.15) is 0 Å². The van der Waals surface area contributed by atoms with Crippen LogP contribution < -0.4 is 0 Å². The highest BCUT2D eigenvalue weighted by atomic mass is 15.2. The summed E-state index contributed by atoms with van der Waals surface area (Å²) in [4.78, 5) is 4.82. The molecule has 1 saturated heterocycles. The monoisotopic (exact) mass is 140 g/mol. The molecule has 0 aromatic carbocycles. The molecule has 1 aliphatic carbocycles. The predicted octanol–water partition coefficient (Wildman–Crippen LogP) is 0.108. The molecule has 0 aromatic heterocycles. The topological polar surface area (TPSA) is 6.48 Å². The van der Waals surface area contributed by atoms with Gasteiger partial charge in [-0.25, -0.2) is 0 Å². The molecule has 1 heterocycles. The van der Waals surface area contributed by atoms with E-state index in [2.05, 4.69) is 30.9 Å². The number of likely N-dealkylation sites (tertiary alicyclic amines) is 1. The number of piperidine rings is 1. The van der Waals surface area contributed by atoms with Crippen molar-refractivity contribution in [1.82, 2.24) is 9.80 Å². The van der Waals surface area contributed by atoms with Crippen molar-refractivity contribution >= 4 is 0 Å². The van der Waals surface area contributed by atoms with Gasteiger partial charge in [0.2, 0.25) is 0 Å². The highest BCUT2D eigenvalue weighted by molar-refractivity contribution is 5.09. The first kappa shape index (κ1) is 6.62. The van der Waals surface area contributed by atoms with E-state index in [0.717, 1.165) is 17.9 Å². The van der Waals surface area contributed by atoms with Gasteiger partial charge in [-0.15, -0.1) is 0 Å². The molecule has 2 heteroatoms. The third-order valence-electron chi connectivity index (χ3n) is 2.93. The fourth-order valence-electron chi connectivity index (χ4n) is 2.47. The van der Waals surface area contributed by atoms with E-state index >= 15 is 0 Å². The van der Waals surface area contributed by atoms with Crippen molar-refractivity contribution in [2.75, 3.05) is 34.2 Å². The zero-order chi connectivity index (χ0) is 7.30. The molecule has 2 aliphatic rings. The molecule has 10 heavy (non-hydrogen) atoms. The molecule has 0 unspecified atom stereocenters. The zero-order valence-electron chi connectivity index (χ0n) is 7.04. The SMILES string of the molecule is CN1C[C@@H]2[C@H](C1)[C@H]2N(C)C. The molecule has 0 N–H and O–H groups in total. The van der Waals surface area contributed by atoms with Gasteiger partial charge in [0, 0.05) is 19.1 Å². The van der Waals surface area contributed by atoms with Crippen molar-refractivity contribution in [3.05, 3.63) is 0 Å². The lowest BCUT2D eigenvalue weighted by Gasteiger charge is -2.17. The lowest BCUT2D eigenvalue weighted by Crippen LogP contribution is -2.27. The molecule has 0 amide bonds. The van der Waals surface area contributed by atoms with Gasteiger partial charge in [0.15, 0.2) is 0 Å². The summed E-state index contributed by atoms with van der Waals surface area (Å²) in [6, 6.07) is 0.913. The van der Waals surface area contributed by atoms with Crippen LogP contribution in [0, 0.1) is 11.8 Å². The van der Waals surface area contributed by atoms with Crippen LogP contribution in [0.1, 0.15) is 0 Å². The molecular formula is C8H16N2. The Morgan fingerprint density at radius 1 is 1.20 bits per heavy atom. The number of fused-ring (bicyclic) bond motifs is 1. The molecule has 0 radical (unpaired) electrons. The third-order valence-corrected chi connectivity index (χ3v) is 2.93. The second kappa shape index (κ2) is 1.95. The van der Waals surface area contributed by atoms with E-state index in [0.29, 0.717) is 0 Å². The van der Waals surface area contributed by atoms with E-state index in [1.54, 1.807) is 0 Å². The first-order valence-corrected chi connectivity index (χ1v) is 4.05. The van der Waals surface area contributed by atoms with E-state index in [4.69, 9.17) is 0 Å². The molecule has 2 nitrogen and oxygen atoms in total. The lowest BCUT2D eigenvalue weighted by atomic mass is 10.4. The molecule has 0 bridgehead atoms. The van der Waals surface area contributed by atoms with E-state index in [-0.39, 0.29) is 0 Å². The molecular weight excluding hydrogens is 124 g/mol. The van der Waals surface area contributed by atoms with Crippen LogP contribution in [0.4, 0.5) is 0 Å². The summed E-state index contributed by atoms with van der Waals surface area (Å²) in [5, 5.41) is 0. The Balaban J connectivity index is 1.92. The Hall–Kier alpha value is -0.0800. The maximum Gasteiger partial charge on any atom is 0.0177 e. The number of hydrogen-bond acceptors (Lipinski definition) is 2. The Kier molecular flexibility index (Phi) is 1.29. The normalized spacial score (nSPS) is 46.2. The van der Waals surface area contributed by atoms with Crippen LogP contribution in [0.3, 0.4) is 0 Å². The largest absolute Gasteiger partial charge is 0.306 e. The van der Waals surface area contributed by atoms with Crippen molar-refractivity contribution in [3.8, 4) is 0 Å². The highest BCUT2D eigenvalue weighted by Gasteiger charge is 2.55. The van der Waals surface area contributed by atoms with Crippen LogP contribution in [0.25, 0.3) is 0 Å². The Labute approximate surface area is 62.8 Å². The molecule has 58 valence electrons. The summed E-state index contributed by atoms with van der Waals surface area (Å²) in [5.74, 6) is 2.00. The predicted molar refractivity (Wildman–Crippen MR) is 42.0 cm³/mol. The van der Waals surface area contributed by atoms with Crippen LogP contribution in [-0.2, 0) is 0 Å². The maximum atomic E-state index is 2.44. The molecule has 3 atom stereocenters. The first-order valence-electron chi connectivity index (χ1n) is 4.05. The van der Waals surface area contributed by atoms with E-state index in [9.17, 15) is 0 Å². The number of hydrogen-bond donors (Lipinski definition) is 0. The standard InChI is InChI=1S/C8H16N2/c1-9(2)8-6-4-10(3)5-7(6)8/h6-8H,4-5H2,1-3H3/t6-,7+,8+. The van der Waals surface area contributed by atoms with Crippen molar-refractivity contribution in [1.29, 1.82) is 0 Å². The second-order valence-corrected chi connectivity index (χ2v) is 4.00. The fourth-order valence-corrected chi connectivity index (χ4v) is 2.47. The highest BCUT2D eigenvalue weighted by Crippen LogP contribution is 2.47. The zero-order valence-corrected chi connectivity index (χ0v) is 7.04. The van der Waals surface area contributed by atoms with Gasteiger partial charge < -0.3 is 9.80 Å². The molecule has 1 aliphatic heterocycles. The lowest BCUT2D eigenvalue weighted by molar-refractivity contribution is 0.282. The summed E-state index contributed by atoms with van der Waals surface area (Å²) in [5.41, 5.74) is 0. The molecule has 0 aromatic rings. The van der Waals surface area contributed by atoms with Crippen LogP contribution in [0.5, 0.6) is 0 Å². The average molecular weight is 140 g/mol.